The van der Waals surface area contributed by atoms with Crippen molar-refractivity contribution in [3.63, 3.8) is 0 Å². The summed E-state index contributed by atoms with van der Waals surface area (Å²) in [7, 11) is 0. The maximum absolute atomic E-state index is 3.62. The minimum atomic E-state index is 0.110. The largest absolute Gasteiger partial charge is 0.307 e. The molecule has 0 bridgehead atoms. The van der Waals surface area contributed by atoms with Crippen molar-refractivity contribution >= 4 is 0 Å². The zero-order valence-electron chi connectivity index (χ0n) is 10.4. The smallest absolute Gasteiger partial charge is 0.0380 e. The van der Waals surface area contributed by atoms with Crippen LogP contribution in [-0.2, 0) is 11.0 Å². The molecule has 1 heterocycles. The Morgan fingerprint density at radius 2 is 1.73 bits per heavy atom. The average molecular weight is 203 g/mol. The van der Waals surface area contributed by atoms with E-state index in [1.807, 2.05) is 0 Å². The fourth-order valence-corrected chi connectivity index (χ4v) is 2.40. The van der Waals surface area contributed by atoms with Crippen LogP contribution in [0.1, 0.15) is 44.4 Å². The van der Waals surface area contributed by atoms with Crippen LogP contribution in [-0.4, -0.2) is 6.54 Å². The van der Waals surface area contributed by atoms with Gasteiger partial charge >= 0.3 is 0 Å². The van der Waals surface area contributed by atoms with E-state index in [0.29, 0.717) is 0 Å². The van der Waals surface area contributed by atoms with Crippen molar-refractivity contribution in [1.29, 1.82) is 0 Å². The standard InChI is InChI=1S/C14H21N/c1-10-6-7-11-12(8-10)13(2,3)9-15-14(11,4)5/h6-8,15H,9H2,1-5H3. The SMILES string of the molecule is Cc1ccc2c(c1)C(C)(C)CNC2(C)C. The summed E-state index contributed by atoms with van der Waals surface area (Å²) in [6.07, 6.45) is 0. The summed E-state index contributed by atoms with van der Waals surface area (Å²) in [6, 6.07) is 6.83. The molecule has 0 aliphatic carbocycles. The van der Waals surface area contributed by atoms with Crippen LogP contribution in [0.3, 0.4) is 0 Å². The van der Waals surface area contributed by atoms with E-state index in [0.717, 1.165) is 6.54 Å². The molecular formula is C14H21N. The number of nitrogens with one attached hydrogen (secondary N) is 1. The zero-order chi connectivity index (χ0) is 11.3. The number of benzene rings is 1. The van der Waals surface area contributed by atoms with Gasteiger partial charge in [-0.25, -0.2) is 0 Å². The molecule has 0 radical (unpaired) electrons. The molecule has 0 saturated carbocycles. The lowest BCUT2D eigenvalue weighted by molar-refractivity contribution is 0.307. The molecule has 1 N–H and O–H groups in total. The Morgan fingerprint density at radius 1 is 1.07 bits per heavy atom. The summed E-state index contributed by atoms with van der Waals surface area (Å²) >= 11 is 0. The van der Waals surface area contributed by atoms with Gasteiger partial charge < -0.3 is 5.32 Å². The van der Waals surface area contributed by atoms with Gasteiger partial charge in [0.05, 0.1) is 0 Å². The summed E-state index contributed by atoms with van der Waals surface area (Å²) < 4.78 is 0. The average Bonchev–Trinajstić information content (AvgIpc) is 2.13. The molecule has 0 atom stereocenters. The first-order valence-electron chi connectivity index (χ1n) is 5.70. The van der Waals surface area contributed by atoms with Crippen LogP contribution in [0.25, 0.3) is 0 Å². The molecule has 0 saturated heterocycles. The Bertz CT molecular complexity index is 388. The molecule has 1 aliphatic rings. The van der Waals surface area contributed by atoms with E-state index in [9.17, 15) is 0 Å². The first kappa shape index (κ1) is 10.7. The molecule has 1 heteroatoms. The van der Waals surface area contributed by atoms with Crippen LogP contribution in [0.5, 0.6) is 0 Å². The summed E-state index contributed by atoms with van der Waals surface area (Å²) in [6.45, 7) is 12.4. The molecule has 1 aliphatic heterocycles. The van der Waals surface area contributed by atoms with Gasteiger partial charge in [0.25, 0.3) is 0 Å². The third-order valence-electron chi connectivity index (χ3n) is 3.55. The van der Waals surface area contributed by atoms with Gasteiger partial charge in [-0.3, -0.25) is 0 Å². The minimum absolute atomic E-state index is 0.110. The third-order valence-corrected chi connectivity index (χ3v) is 3.55. The van der Waals surface area contributed by atoms with Crippen LogP contribution in [0, 0.1) is 6.92 Å². The second kappa shape index (κ2) is 3.08. The van der Waals surface area contributed by atoms with Gasteiger partial charge in [-0.15, -0.1) is 0 Å². The normalized spacial score (nSPS) is 22.2. The van der Waals surface area contributed by atoms with Gasteiger partial charge in [-0.1, -0.05) is 37.6 Å². The van der Waals surface area contributed by atoms with Gasteiger partial charge in [0.1, 0.15) is 0 Å². The molecule has 2 rings (SSSR count). The summed E-state index contributed by atoms with van der Waals surface area (Å²) in [5.74, 6) is 0. The van der Waals surface area contributed by atoms with Crippen molar-refractivity contribution in [3.8, 4) is 0 Å². The van der Waals surface area contributed by atoms with Crippen LogP contribution < -0.4 is 5.32 Å². The highest BCUT2D eigenvalue weighted by Gasteiger charge is 2.36. The zero-order valence-corrected chi connectivity index (χ0v) is 10.4. The number of aryl methyl sites for hydroxylation is 1. The highest BCUT2D eigenvalue weighted by atomic mass is 15.0. The lowest BCUT2D eigenvalue weighted by atomic mass is 9.72. The second-order valence-electron chi connectivity index (χ2n) is 5.91. The summed E-state index contributed by atoms with van der Waals surface area (Å²) in [4.78, 5) is 0. The predicted octanol–water partition coefficient (Wildman–Crippen LogP) is 3.11. The molecule has 0 aromatic heterocycles. The van der Waals surface area contributed by atoms with Gasteiger partial charge in [0.15, 0.2) is 0 Å². The second-order valence-corrected chi connectivity index (χ2v) is 5.91. The van der Waals surface area contributed by atoms with Crippen LogP contribution in [0.2, 0.25) is 0 Å². The lowest BCUT2D eigenvalue weighted by Crippen LogP contribution is -2.50. The van der Waals surface area contributed by atoms with Crippen molar-refractivity contribution in [2.24, 2.45) is 0 Å². The Morgan fingerprint density at radius 3 is 2.40 bits per heavy atom. The van der Waals surface area contributed by atoms with E-state index in [-0.39, 0.29) is 11.0 Å². The van der Waals surface area contributed by atoms with Crippen LogP contribution in [0.15, 0.2) is 18.2 Å². The predicted molar refractivity (Wildman–Crippen MR) is 65.2 cm³/mol. The Labute approximate surface area is 92.9 Å². The van der Waals surface area contributed by atoms with E-state index in [2.05, 4.69) is 58.1 Å². The quantitative estimate of drug-likeness (QED) is 0.683. The van der Waals surface area contributed by atoms with E-state index < -0.39 is 0 Å². The lowest BCUT2D eigenvalue weighted by Gasteiger charge is -2.43. The van der Waals surface area contributed by atoms with E-state index >= 15 is 0 Å². The molecule has 0 amide bonds. The molecule has 1 nitrogen and oxygen atoms in total. The Hall–Kier alpha value is -0.820. The third kappa shape index (κ3) is 1.69. The molecule has 1 aromatic carbocycles. The molecule has 1 aromatic rings. The van der Waals surface area contributed by atoms with E-state index in [4.69, 9.17) is 0 Å². The van der Waals surface area contributed by atoms with Crippen molar-refractivity contribution in [3.05, 3.63) is 34.9 Å². The van der Waals surface area contributed by atoms with Gasteiger partial charge in [-0.2, -0.15) is 0 Å². The van der Waals surface area contributed by atoms with Gasteiger partial charge in [0.2, 0.25) is 0 Å². The Balaban J connectivity index is 2.64. The van der Waals surface area contributed by atoms with Crippen molar-refractivity contribution in [1.82, 2.24) is 5.32 Å². The topological polar surface area (TPSA) is 12.0 Å². The molecule has 0 fully saturated rings. The molecule has 82 valence electrons. The first-order chi connectivity index (χ1) is 6.83. The Kier molecular flexibility index (Phi) is 2.20. The van der Waals surface area contributed by atoms with Crippen LogP contribution in [0.4, 0.5) is 0 Å². The van der Waals surface area contributed by atoms with Crippen molar-refractivity contribution < 1.29 is 0 Å². The fourth-order valence-electron chi connectivity index (χ4n) is 2.40. The number of rotatable bonds is 0. The maximum Gasteiger partial charge on any atom is 0.0380 e. The molecule has 0 spiro atoms. The maximum atomic E-state index is 3.62. The van der Waals surface area contributed by atoms with Crippen LogP contribution >= 0.6 is 0 Å². The van der Waals surface area contributed by atoms with E-state index in [1.54, 1.807) is 0 Å². The molecular weight excluding hydrogens is 182 g/mol. The summed E-state index contributed by atoms with van der Waals surface area (Å²) in [5, 5.41) is 3.62. The van der Waals surface area contributed by atoms with Gasteiger partial charge in [0, 0.05) is 17.5 Å². The van der Waals surface area contributed by atoms with E-state index in [1.165, 1.54) is 16.7 Å². The number of fused-ring (bicyclic) bond motifs is 1. The molecule has 0 unspecified atom stereocenters. The first-order valence-corrected chi connectivity index (χ1v) is 5.70. The van der Waals surface area contributed by atoms with Crippen molar-refractivity contribution in [2.45, 2.75) is 45.6 Å². The summed E-state index contributed by atoms with van der Waals surface area (Å²) in [5.41, 5.74) is 4.67. The highest BCUT2D eigenvalue weighted by molar-refractivity contribution is 5.43. The molecule has 15 heavy (non-hydrogen) atoms. The van der Waals surface area contributed by atoms with Crippen molar-refractivity contribution in [2.75, 3.05) is 6.54 Å². The number of hydrogen-bond acceptors (Lipinski definition) is 1. The van der Waals surface area contributed by atoms with Gasteiger partial charge in [-0.05, 0) is 31.9 Å². The number of hydrogen-bond donors (Lipinski definition) is 1. The minimum Gasteiger partial charge on any atom is -0.307 e. The highest BCUT2D eigenvalue weighted by Crippen LogP contribution is 2.37. The fraction of sp³-hybridized carbons (Fsp3) is 0.571. The monoisotopic (exact) mass is 203 g/mol.